The van der Waals surface area contributed by atoms with Gasteiger partial charge in [0.1, 0.15) is 24.6 Å². The van der Waals surface area contributed by atoms with Crippen LogP contribution in [-0.4, -0.2) is 43.3 Å². The van der Waals surface area contributed by atoms with Crippen molar-refractivity contribution in [2.24, 2.45) is 0 Å². The molecule has 0 amide bonds. The SMILES string of the molecule is Cc1cccc(C)c1OC1CN(C[C@H]2COc3ccccc3O2)C1. The van der Waals surface area contributed by atoms with E-state index in [1.807, 2.05) is 24.3 Å². The molecule has 1 atom stereocenters. The van der Waals surface area contributed by atoms with Gasteiger partial charge in [0.15, 0.2) is 11.5 Å². The molecule has 1 saturated heterocycles. The van der Waals surface area contributed by atoms with Gasteiger partial charge in [-0.3, -0.25) is 4.90 Å². The highest BCUT2D eigenvalue weighted by atomic mass is 16.6. The number of nitrogens with zero attached hydrogens (tertiary/aromatic N) is 1. The van der Waals surface area contributed by atoms with Gasteiger partial charge in [0, 0.05) is 19.6 Å². The first kappa shape index (κ1) is 15.3. The van der Waals surface area contributed by atoms with Gasteiger partial charge in [-0.25, -0.2) is 0 Å². The molecule has 0 unspecified atom stereocenters. The van der Waals surface area contributed by atoms with E-state index in [4.69, 9.17) is 14.2 Å². The maximum Gasteiger partial charge on any atom is 0.161 e. The third kappa shape index (κ3) is 3.06. The number of fused-ring (bicyclic) bond motifs is 1. The number of hydrogen-bond acceptors (Lipinski definition) is 4. The first-order chi connectivity index (χ1) is 11.7. The fraction of sp³-hybridized carbons (Fsp3) is 0.400. The standard InChI is InChI=1S/C20H23NO3/c1-14-6-5-7-15(2)20(14)24-16-10-21(11-16)12-17-13-22-18-8-3-4-9-19(18)23-17/h3-9,16-17H,10-13H2,1-2H3/t17-/m0/s1. The van der Waals surface area contributed by atoms with Crippen LogP contribution >= 0.6 is 0 Å². The van der Waals surface area contributed by atoms with Gasteiger partial charge in [0.25, 0.3) is 0 Å². The predicted molar refractivity (Wildman–Crippen MR) is 93.1 cm³/mol. The minimum atomic E-state index is 0.0843. The van der Waals surface area contributed by atoms with Gasteiger partial charge in [0.2, 0.25) is 0 Å². The molecule has 2 aliphatic rings. The maximum atomic E-state index is 6.17. The van der Waals surface area contributed by atoms with Gasteiger partial charge < -0.3 is 14.2 Å². The summed E-state index contributed by atoms with van der Waals surface area (Å²) in [5.74, 6) is 2.72. The lowest BCUT2D eigenvalue weighted by Crippen LogP contribution is -2.57. The van der Waals surface area contributed by atoms with Crippen LogP contribution in [0.5, 0.6) is 17.2 Å². The third-order valence-corrected chi connectivity index (χ3v) is 4.65. The molecule has 0 radical (unpaired) electrons. The summed E-state index contributed by atoms with van der Waals surface area (Å²) in [7, 11) is 0. The highest BCUT2D eigenvalue weighted by Crippen LogP contribution is 2.32. The fourth-order valence-corrected chi connectivity index (χ4v) is 3.34. The summed E-state index contributed by atoms with van der Waals surface area (Å²) in [5.41, 5.74) is 2.41. The highest BCUT2D eigenvalue weighted by Gasteiger charge is 2.32. The second-order valence-corrected chi connectivity index (χ2v) is 6.68. The average molecular weight is 325 g/mol. The second-order valence-electron chi connectivity index (χ2n) is 6.68. The summed E-state index contributed by atoms with van der Waals surface area (Å²) in [5, 5.41) is 0. The maximum absolute atomic E-state index is 6.17. The van der Waals surface area contributed by atoms with Crippen LogP contribution in [0.1, 0.15) is 11.1 Å². The van der Waals surface area contributed by atoms with Gasteiger partial charge in [-0.15, -0.1) is 0 Å². The van der Waals surface area contributed by atoms with Crippen LogP contribution in [0.2, 0.25) is 0 Å². The normalized spacial score (nSPS) is 20.5. The number of ether oxygens (including phenoxy) is 3. The van der Waals surface area contributed by atoms with Crippen LogP contribution in [0.15, 0.2) is 42.5 Å². The number of para-hydroxylation sites is 3. The summed E-state index contributed by atoms with van der Waals surface area (Å²) in [4.78, 5) is 2.36. The van der Waals surface area contributed by atoms with Crippen molar-refractivity contribution in [1.82, 2.24) is 4.90 Å². The van der Waals surface area contributed by atoms with Crippen LogP contribution < -0.4 is 14.2 Å². The summed E-state index contributed by atoms with van der Waals surface area (Å²) < 4.78 is 18.0. The number of rotatable bonds is 4. The molecular weight excluding hydrogens is 302 g/mol. The molecule has 0 saturated carbocycles. The quantitative estimate of drug-likeness (QED) is 0.864. The number of aryl methyl sites for hydroxylation is 2. The summed E-state index contributed by atoms with van der Waals surface area (Å²) in [6.07, 6.45) is 0.350. The van der Waals surface area contributed by atoms with E-state index in [9.17, 15) is 0 Å². The van der Waals surface area contributed by atoms with Crippen molar-refractivity contribution in [2.75, 3.05) is 26.2 Å². The number of likely N-dealkylation sites (tertiary alicyclic amines) is 1. The Kier molecular flexibility index (Phi) is 4.07. The molecule has 2 heterocycles. The minimum Gasteiger partial charge on any atom is -0.487 e. The van der Waals surface area contributed by atoms with Gasteiger partial charge in [-0.05, 0) is 37.1 Å². The Balaban J connectivity index is 1.28. The van der Waals surface area contributed by atoms with Crippen molar-refractivity contribution in [3.8, 4) is 17.2 Å². The summed E-state index contributed by atoms with van der Waals surface area (Å²) in [6.45, 7) is 7.56. The highest BCUT2D eigenvalue weighted by molar-refractivity contribution is 5.41. The smallest absolute Gasteiger partial charge is 0.161 e. The molecule has 4 rings (SSSR count). The van der Waals surface area contributed by atoms with Crippen molar-refractivity contribution >= 4 is 0 Å². The van der Waals surface area contributed by atoms with E-state index in [1.54, 1.807) is 0 Å². The number of hydrogen-bond donors (Lipinski definition) is 0. The van der Waals surface area contributed by atoms with Crippen molar-refractivity contribution in [3.05, 3.63) is 53.6 Å². The Morgan fingerprint density at radius 2 is 1.71 bits per heavy atom. The van der Waals surface area contributed by atoms with Crippen molar-refractivity contribution in [2.45, 2.75) is 26.1 Å². The first-order valence-electron chi connectivity index (χ1n) is 8.53. The molecule has 0 N–H and O–H groups in total. The zero-order valence-electron chi connectivity index (χ0n) is 14.2. The molecule has 2 aliphatic heterocycles. The van der Waals surface area contributed by atoms with E-state index in [2.05, 4.69) is 36.9 Å². The van der Waals surface area contributed by atoms with E-state index in [-0.39, 0.29) is 12.2 Å². The lowest BCUT2D eigenvalue weighted by atomic mass is 10.1. The molecule has 0 aliphatic carbocycles. The lowest BCUT2D eigenvalue weighted by molar-refractivity contribution is -0.0187. The van der Waals surface area contributed by atoms with Crippen LogP contribution in [0.3, 0.4) is 0 Å². The largest absolute Gasteiger partial charge is 0.487 e. The molecule has 0 spiro atoms. The van der Waals surface area contributed by atoms with E-state index < -0.39 is 0 Å². The lowest BCUT2D eigenvalue weighted by Gasteiger charge is -2.41. The summed E-state index contributed by atoms with van der Waals surface area (Å²) in [6, 6.07) is 14.1. The predicted octanol–water partition coefficient (Wildman–Crippen LogP) is 3.21. The Hall–Kier alpha value is -2.20. The molecule has 4 nitrogen and oxygen atoms in total. The van der Waals surface area contributed by atoms with Crippen LogP contribution in [0.25, 0.3) is 0 Å². The molecule has 2 aromatic rings. The van der Waals surface area contributed by atoms with Crippen molar-refractivity contribution in [1.29, 1.82) is 0 Å². The average Bonchev–Trinajstić information content (AvgIpc) is 2.55. The van der Waals surface area contributed by atoms with E-state index in [0.29, 0.717) is 6.61 Å². The van der Waals surface area contributed by atoms with Crippen molar-refractivity contribution in [3.63, 3.8) is 0 Å². The number of benzene rings is 2. The molecule has 24 heavy (non-hydrogen) atoms. The fourth-order valence-electron chi connectivity index (χ4n) is 3.34. The first-order valence-corrected chi connectivity index (χ1v) is 8.53. The molecule has 126 valence electrons. The molecule has 2 aromatic carbocycles. The van der Waals surface area contributed by atoms with Crippen LogP contribution in [0, 0.1) is 13.8 Å². The van der Waals surface area contributed by atoms with Crippen LogP contribution in [-0.2, 0) is 0 Å². The van der Waals surface area contributed by atoms with E-state index in [0.717, 1.165) is 36.9 Å². The Morgan fingerprint density at radius 1 is 1.00 bits per heavy atom. The van der Waals surface area contributed by atoms with Gasteiger partial charge in [-0.1, -0.05) is 30.3 Å². The van der Waals surface area contributed by atoms with Crippen LogP contribution in [0.4, 0.5) is 0 Å². The second kappa shape index (κ2) is 6.36. The molecular formula is C20H23NO3. The Bertz CT molecular complexity index is 704. The topological polar surface area (TPSA) is 30.9 Å². The third-order valence-electron chi connectivity index (χ3n) is 4.65. The van der Waals surface area contributed by atoms with Gasteiger partial charge in [0.05, 0.1) is 0 Å². The molecule has 1 fully saturated rings. The molecule has 0 bridgehead atoms. The van der Waals surface area contributed by atoms with Crippen molar-refractivity contribution < 1.29 is 14.2 Å². The minimum absolute atomic E-state index is 0.0843. The Labute approximate surface area is 142 Å². The van der Waals surface area contributed by atoms with E-state index >= 15 is 0 Å². The molecule has 0 aromatic heterocycles. The Morgan fingerprint density at radius 3 is 2.46 bits per heavy atom. The summed E-state index contributed by atoms with van der Waals surface area (Å²) >= 11 is 0. The van der Waals surface area contributed by atoms with Gasteiger partial charge >= 0.3 is 0 Å². The van der Waals surface area contributed by atoms with E-state index in [1.165, 1.54) is 11.1 Å². The zero-order chi connectivity index (χ0) is 16.5. The van der Waals surface area contributed by atoms with Gasteiger partial charge in [-0.2, -0.15) is 0 Å². The monoisotopic (exact) mass is 325 g/mol. The zero-order valence-corrected chi connectivity index (χ0v) is 14.2. The molecule has 4 heteroatoms.